The number of piperidine rings is 1. The number of carbonyl (C=O) groups is 1. The van der Waals surface area contributed by atoms with Crippen LogP contribution in [0.25, 0.3) is 0 Å². The van der Waals surface area contributed by atoms with Crippen molar-refractivity contribution in [3.63, 3.8) is 0 Å². The molecule has 0 aromatic carbocycles. The lowest BCUT2D eigenvalue weighted by Crippen LogP contribution is -2.47. The first-order chi connectivity index (χ1) is 11.8. The SMILES string of the molecule is CC(C)N(C)C1CCN(C(=O)c2nn(C)c3c2C[C@H](C)O[C@@H]3C)CC1. The minimum atomic E-state index is -0.0109. The number of likely N-dealkylation sites (tertiary alicyclic amines) is 1. The lowest BCUT2D eigenvalue weighted by atomic mass is 9.98. The van der Waals surface area contributed by atoms with E-state index >= 15 is 0 Å². The molecule has 0 spiro atoms. The van der Waals surface area contributed by atoms with Crippen LogP contribution in [-0.4, -0.2) is 63.8 Å². The first-order valence-corrected chi connectivity index (χ1v) is 9.52. The zero-order chi connectivity index (χ0) is 18.3. The molecule has 2 atom stereocenters. The molecule has 0 unspecified atom stereocenters. The first-order valence-electron chi connectivity index (χ1n) is 9.52. The van der Waals surface area contributed by atoms with E-state index < -0.39 is 0 Å². The van der Waals surface area contributed by atoms with Crippen molar-refractivity contribution in [2.45, 2.75) is 71.2 Å². The molecule has 140 valence electrons. The first kappa shape index (κ1) is 18.4. The van der Waals surface area contributed by atoms with Crippen LogP contribution >= 0.6 is 0 Å². The summed E-state index contributed by atoms with van der Waals surface area (Å²) < 4.78 is 7.74. The van der Waals surface area contributed by atoms with Crippen molar-refractivity contribution < 1.29 is 9.53 Å². The van der Waals surface area contributed by atoms with Gasteiger partial charge in [0.15, 0.2) is 5.69 Å². The smallest absolute Gasteiger partial charge is 0.274 e. The van der Waals surface area contributed by atoms with Gasteiger partial charge < -0.3 is 14.5 Å². The molecule has 3 heterocycles. The van der Waals surface area contributed by atoms with Gasteiger partial charge in [-0.2, -0.15) is 5.10 Å². The number of nitrogens with zero attached hydrogens (tertiary/aromatic N) is 4. The number of fused-ring (bicyclic) bond motifs is 1. The Labute approximate surface area is 151 Å². The van der Waals surface area contributed by atoms with E-state index in [9.17, 15) is 4.79 Å². The van der Waals surface area contributed by atoms with Crippen LogP contribution in [0.2, 0.25) is 0 Å². The van der Waals surface area contributed by atoms with Crippen molar-refractivity contribution >= 4 is 5.91 Å². The summed E-state index contributed by atoms with van der Waals surface area (Å²) in [6, 6.07) is 1.10. The molecule has 1 saturated heterocycles. The molecule has 6 nitrogen and oxygen atoms in total. The second-order valence-electron chi connectivity index (χ2n) is 7.91. The number of hydrogen-bond donors (Lipinski definition) is 0. The van der Waals surface area contributed by atoms with E-state index in [1.165, 1.54) is 0 Å². The highest BCUT2D eigenvalue weighted by Gasteiger charge is 2.34. The Morgan fingerprint density at radius 1 is 1.28 bits per heavy atom. The average molecular weight is 348 g/mol. The number of aromatic nitrogens is 2. The van der Waals surface area contributed by atoms with Crippen LogP contribution < -0.4 is 0 Å². The number of hydrogen-bond acceptors (Lipinski definition) is 4. The van der Waals surface area contributed by atoms with Gasteiger partial charge in [-0.05, 0) is 47.6 Å². The van der Waals surface area contributed by atoms with Gasteiger partial charge >= 0.3 is 0 Å². The zero-order valence-electron chi connectivity index (χ0n) is 16.5. The van der Waals surface area contributed by atoms with E-state index in [4.69, 9.17) is 4.74 Å². The molecular weight excluding hydrogens is 316 g/mol. The second kappa shape index (κ2) is 7.08. The molecule has 6 heteroatoms. The quantitative estimate of drug-likeness (QED) is 0.842. The van der Waals surface area contributed by atoms with Crippen molar-refractivity contribution in [2.24, 2.45) is 7.05 Å². The van der Waals surface area contributed by atoms with E-state index in [1.54, 1.807) is 0 Å². The fraction of sp³-hybridized carbons (Fsp3) is 0.789. The molecular formula is C19H32N4O2. The van der Waals surface area contributed by atoms with E-state index in [2.05, 4.69) is 37.8 Å². The lowest BCUT2D eigenvalue weighted by molar-refractivity contribution is -0.00908. The topological polar surface area (TPSA) is 50.6 Å². The highest BCUT2D eigenvalue weighted by Crippen LogP contribution is 2.32. The van der Waals surface area contributed by atoms with Crippen LogP contribution in [0.4, 0.5) is 0 Å². The molecule has 25 heavy (non-hydrogen) atoms. The van der Waals surface area contributed by atoms with Gasteiger partial charge in [0.1, 0.15) is 0 Å². The second-order valence-corrected chi connectivity index (χ2v) is 7.91. The zero-order valence-corrected chi connectivity index (χ0v) is 16.5. The molecule has 1 aromatic heterocycles. The summed E-state index contributed by atoms with van der Waals surface area (Å²) in [5, 5.41) is 4.57. The van der Waals surface area contributed by atoms with E-state index in [1.807, 2.05) is 23.6 Å². The third kappa shape index (κ3) is 3.47. The van der Waals surface area contributed by atoms with Crippen LogP contribution in [0.15, 0.2) is 0 Å². The number of ether oxygens (including phenoxy) is 1. The normalized spacial score (nSPS) is 24.9. The predicted molar refractivity (Wildman–Crippen MR) is 97.7 cm³/mol. The summed E-state index contributed by atoms with van der Waals surface area (Å²) in [4.78, 5) is 17.5. The highest BCUT2D eigenvalue weighted by atomic mass is 16.5. The fourth-order valence-corrected chi connectivity index (χ4v) is 4.26. The molecule has 2 aliphatic rings. The largest absolute Gasteiger partial charge is 0.369 e. The summed E-state index contributed by atoms with van der Waals surface area (Å²) in [5.74, 6) is 0.0869. The van der Waals surface area contributed by atoms with Crippen LogP contribution in [0.3, 0.4) is 0 Å². The van der Waals surface area contributed by atoms with Gasteiger partial charge in [0.2, 0.25) is 0 Å². The van der Waals surface area contributed by atoms with E-state index in [0.29, 0.717) is 17.8 Å². The van der Waals surface area contributed by atoms with Gasteiger partial charge in [0, 0.05) is 44.2 Å². The predicted octanol–water partition coefficient (Wildman–Crippen LogP) is 2.39. The summed E-state index contributed by atoms with van der Waals surface area (Å²) >= 11 is 0. The van der Waals surface area contributed by atoms with Gasteiger partial charge in [0.05, 0.1) is 17.9 Å². The minimum Gasteiger partial charge on any atom is -0.369 e. The maximum Gasteiger partial charge on any atom is 0.274 e. The van der Waals surface area contributed by atoms with Crippen LogP contribution in [0, 0.1) is 0 Å². The van der Waals surface area contributed by atoms with Crippen LogP contribution in [0.5, 0.6) is 0 Å². The Morgan fingerprint density at radius 2 is 1.92 bits per heavy atom. The summed E-state index contributed by atoms with van der Waals surface area (Å²) in [6.45, 7) is 10.2. The highest BCUT2D eigenvalue weighted by molar-refractivity contribution is 5.94. The van der Waals surface area contributed by atoms with Gasteiger partial charge in [-0.25, -0.2) is 0 Å². The van der Waals surface area contributed by atoms with Gasteiger partial charge in [-0.15, -0.1) is 0 Å². The van der Waals surface area contributed by atoms with Gasteiger partial charge in [0.25, 0.3) is 5.91 Å². The molecule has 0 bridgehead atoms. The van der Waals surface area contributed by atoms with Crippen molar-refractivity contribution in [3.8, 4) is 0 Å². The molecule has 0 aliphatic carbocycles. The monoisotopic (exact) mass is 348 g/mol. The lowest BCUT2D eigenvalue weighted by Gasteiger charge is -2.38. The van der Waals surface area contributed by atoms with Crippen LogP contribution in [-0.2, 0) is 18.2 Å². The van der Waals surface area contributed by atoms with Crippen molar-refractivity contribution in [1.82, 2.24) is 19.6 Å². The standard InChI is InChI=1S/C19H32N4O2/c1-12(2)21(5)15-7-9-23(10-8-15)19(24)17-16-11-13(3)25-14(4)18(16)22(6)20-17/h12-15H,7-11H2,1-6H3/t13-,14+/m0/s1. The van der Waals surface area contributed by atoms with Gasteiger partial charge in [-0.3, -0.25) is 9.48 Å². The molecule has 1 fully saturated rings. The molecule has 0 radical (unpaired) electrons. The number of aryl methyl sites for hydroxylation is 1. The minimum absolute atomic E-state index is 0.0109. The Bertz CT molecular complexity index is 632. The number of carbonyl (C=O) groups excluding carboxylic acids is 1. The third-order valence-electron chi connectivity index (χ3n) is 5.85. The summed E-state index contributed by atoms with van der Waals surface area (Å²) in [7, 11) is 4.10. The van der Waals surface area contributed by atoms with Crippen molar-refractivity contribution in [3.05, 3.63) is 17.0 Å². The maximum atomic E-state index is 13.1. The molecule has 2 aliphatic heterocycles. The number of amides is 1. The molecule has 0 saturated carbocycles. The Hall–Kier alpha value is -1.40. The van der Waals surface area contributed by atoms with Crippen molar-refractivity contribution in [2.75, 3.05) is 20.1 Å². The Kier molecular flexibility index (Phi) is 5.21. The van der Waals surface area contributed by atoms with E-state index in [0.717, 1.165) is 43.6 Å². The van der Waals surface area contributed by atoms with Gasteiger partial charge in [-0.1, -0.05) is 0 Å². The average Bonchev–Trinajstić information content (AvgIpc) is 2.90. The summed E-state index contributed by atoms with van der Waals surface area (Å²) in [6.07, 6.45) is 2.95. The van der Waals surface area contributed by atoms with Crippen LogP contribution in [0.1, 0.15) is 68.4 Å². The molecule has 1 aromatic rings. The molecule has 1 amide bonds. The van der Waals surface area contributed by atoms with E-state index in [-0.39, 0.29) is 18.1 Å². The maximum absolute atomic E-state index is 13.1. The fourth-order valence-electron chi connectivity index (χ4n) is 4.26. The Balaban J connectivity index is 1.74. The molecule has 3 rings (SSSR count). The number of rotatable bonds is 3. The Morgan fingerprint density at radius 3 is 2.52 bits per heavy atom. The molecule has 0 N–H and O–H groups in total. The van der Waals surface area contributed by atoms with Crippen molar-refractivity contribution in [1.29, 1.82) is 0 Å². The summed E-state index contributed by atoms with van der Waals surface area (Å²) in [5.41, 5.74) is 2.77. The third-order valence-corrected chi connectivity index (χ3v) is 5.85.